The van der Waals surface area contributed by atoms with Crippen molar-refractivity contribution in [3.63, 3.8) is 0 Å². The van der Waals surface area contributed by atoms with Gasteiger partial charge in [-0.2, -0.15) is 0 Å². The van der Waals surface area contributed by atoms with Gasteiger partial charge < -0.3 is 9.64 Å². The van der Waals surface area contributed by atoms with E-state index in [2.05, 4.69) is 4.72 Å². The molecule has 0 aromatic heterocycles. The van der Waals surface area contributed by atoms with Gasteiger partial charge in [-0.25, -0.2) is 13.1 Å². The van der Waals surface area contributed by atoms with E-state index in [1.54, 1.807) is 36.4 Å². The summed E-state index contributed by atoms with van der Waals surface area (Å²) < 4.78 is 32.5. The summed E-state index contributed by atoms with van der Waals surface area (Å²) in [6.45, 7) is 4.04. The molecular formula is C18H21ClN2O4S. The van der Waals surface area contributed by atoms with Gasteiger partial charge in [0.25, 0.3) is 0 Å². The lowest BCUT2D eigenvalue weighted by Crippen LogP contribution is -2.37. The van der Waals surface area contributed by atoms with Crippen LogP contribution in [0.15, 0.2) is 53.4 Å². The summed E-state index contributed by atoms with van der Waals surface area (Å²) in [6.07, 6.45) is 0. The fraction of sp³-hybridized carbons (Fsp3) is 0.278. The number of nitrogens with zero attached hydrogens (tertiary/aromatic N) is 1. The van der Waals surface area contributed by atoms with Crippen molar-refractivity contribution in [2.45, 2.75) is 18.7 Å². The van der Waals surface area contributed by atoms with Crippen LogP contribution in [-0.2, 0) is 14.8 Å². The van der Waals surface area contributed by atoms with Crippen LogP contribution in [0.5, 0.6) is 5.75 Å². The summed E-state index contributed by atoms with van der Waals surface area (Å²) in [5.74, 6) is 0.405. The van der Waals surface area contributed by atoms with E-state index in [1.807, 2.05) is 6.92 Å². The molecule has 2 aromatic carbocycles. The van der Waals surface area contributed by atoms with Crippen molar-refractivity contribution in [3.8, 4) is 5.75 Å². The Kier molecular flexibility index (Phi) is 7.02. The molecule has 2 aromatic rings. The fourth-order valence-corrected chi connectivity index (χ4v) is 3.57. The third-order valence-electron chi connectivity index (χ3n) is 3.57. The molecule has 8 heteroatoms. The number of carbonyl (C=O) groups excluding carboxylic acids is 1. The minimum atomic E-state index is -3.67. The van der Waals surface area contributed by atoms with Crippen LogP contribution in [0.4, 0.5) is 5.69 Å². The predicted molar refractivity (Wildman–Crippen MR) is 102 cm³/mol. The number of ether oxygens (including phenoxy) is 1. The van der Waals surface area contributed by atoms with E-state index in [-0.39, 0.29) is 23.9 Å². The number of halogens is 1. The predicted octanol–water partition coefficient (Wildman–Crippen LogP) is 3.07. The molecular weight excluding hydrogens is 376 g/mol. The number of rotatable bonds is 8. The second-order valence-corrected chi connectivity index (χ2v) is 7.66. The molecule has 6 nitrogen and oxygen atoms in total. The first-order valence-corrected chi connectivity index (χ1v) is 9.96. The van der Waals surface area contributed by atoms with Gasteiger partial charge in [-0.3, -0.25) is 4.79 Å². The van der Waals surface area contributed by atoms with Crippen LogP contribution < -0.4 is 14.4 Å². The minimum Gasteiger partial charge on any atom is -0.494 e. The van der Waals surface area contributed by atoms with Gasteiger partial charge in [0.05, 0.1) is 11.5 Å². The number of carbonyl (C=O) groups is 1. The zero-order valence-corrected chi connectivity index (χ0v) is 16.2. The fourth-order valence-electron chi connectivity index (χ4n) is 2.37. The smallest absolute Gasteiger partial charge is 0.240 e. The molecule has 0 fully saturated rings. The van der Waals surface area contributed by atoms with Crippen molar-refractivity contribution >= 4 is 33.2 Å². The number of sulfonamides is 1. The van der Waals surface area contributed by atoms with Crippen molar-refractivity contribution in [3.05, 3.63) is 53.6 Å². The summed E-state index contributed by atoms with van der Waals surface area (Å²) in [5, 5.41) is 0.503. The molecule has 0 heterocycles. The van der Waals surface area contributed by atoms with Gasteiger partial charge in [-0.05, 0) is 49.4 Å². The van der Waals surface area contributed by atoms with E-state index in [4.69, 9.17) is 16.3 Å². The standard InChI is InChI=1S/C18H21ClN2O4S/c1-3-25-17-7-9-18(10-8-17)26(23,24)20-11-12-21(14(2)22)16-6-4-5-15(19)13-16/h4-10,13,20H,3,11-12H2,1-2H3. The average Bonchev–Trinajstić information content (AvgIpc) is 2.59. The summed E-state index contributed by atoms with van der Waals surface area (Å²) >= 11 is 5.96. The maximum atomic E-state index is 12.4. The van der Waals surface area contributed by atoms with Crippen LogP contribution in [-0.4, -0.2) is 34.0 Å². The molecule has 0 aliphatic carbocycles. The Balaban J connectivity index is 2.02. The van der Waals surface area contributed by atoms with Crippen molar-refractivity contribution < 1.29 is 17.9 Å². The van der Waals surface area contributed by atoms with Crippen molar-refractivity contribution in [1.29, 1.82) is 0 Å². The van der Waals surface area contributed by atoms with Crippen LogP contribution in [0.25, 0.3) is 0 Å². The lowest BCUT2D eigenvalue weighted by atomic mass is 10.3. The molecule has 0 bridgehead atoms. The number of hydrogen-bond donors (Lipinski definition) is 1. The van der Waals surface area contributed by atoms with Gasteiger partial charge in [-0.15, -0.1) is 0 Å². The van der Waals surface area contributed by atoms with E-state index < -0.39 is 10.0 Å². The average molecular weight is 397 g/mol. The molecule has 1 amide bonds. The zero-order valence-electron chi connectivity index (χ0n) is 14.6. The van der Waals surface area contributed by atoms with Gasteiger partial charge in [0.2, 0.25) is 15.9 Å². The maximum Gasteiger partial charge on any atom is 0.240 e. The van der Waals surface area contributed by atoms with E-state index in [0.717, 1.165) is 0 Å². The highest BCUT2D eigenvalue weighted by Crippen LogP contribution is 2.20. The first kappa shape index (κ1) is 20.2. The molecule has 0 aliphatic rings. The number of hydrogen-bond acceptors (Lipinski definition) is 4. The van der Waals surface area contributed by atoms with Crippen molar-refractivity contribution in [2.24, 2.45) is 0 Å². The topological polar surface area (TPSA) is 75.7 Å². The van der Waals surface area contributed by atoms with Gasteiger partial charge in [0.15, 0.2) is 0 Å². The Bertz CT molecular complexity index is 854. The monoisotopic (exact) mass is 396 g/mol. The summed E-state index contributed by atoms with van der Waals surface area (Å²) in [7, 11) is -3.67. The highest BCUT2D eigenvalue weighted by Gasteiger charge is 2.16. The van der Waals surface area contributed by atoms with Crippen molar-refractivity contribution in [2.75, 3.05) is 24.6 Å². The summed E-state index contributed by atoms with van der Waals surface area (Å²) in [6, 6.07) is 13.0. The molecule has 140 valence electrons. The Labute approximate surface area is 158 Å². The van der Waals surface area contributed by atoms with Gasteiger partial charge in [-0.1, -0.05) is 17.7 Å². The van der Waals surface area contributed by atoms with Gasteiger partial charge in [0.1, 0.15) is 5.75 Å². The minimum absolute atomic E-state index is 0.0711. The largest absolute Gasteiger partial charge is 0.494 e. The molecule has 0 unspecified atom stereocenters. The number of benzene rings is 2. The van der Waals surface area contributed by atoms with Crippen molar-refractivity contribution in [1.82, 2.24) is 4.72 Å². The van der Waals surface area contributed by atoms with Crippen LogP contribution in [0, 0.1) is 0 Å². The second-order valence-electron chi connectivity index (χ2n) is 5.45. The molecule has 0 saturated carbocycles. The Morgan fingerprint density at radius 3 is 2.46 bits per heavy atom. The zero-order chi connectivity index (χ0) is 19.2. The third kappa shape index (κ3) is 5.45. The van der Waals surface area contributed by atoms with E-state index >= 15 is 0 Å². The lowest BCUT2D eigenvalue weighted by molar-refractivity contribution is -0.116. The SMILES string of the molecule is CCOc1ccc(S(=O)(=O)NCCN(C(C)=O)c2cccc(Cl)c2)cc1. The highest BCUT2D eigenvalue weighted by molar-refractivity contribution is 7.89. The first-order valence-electron chi connectivity index (χ1n) is 8.09. The third-order valence-corrected chi connectivity index (χ3v) is 5.28. The molecule has 1 N–H and O–H groups in total. The quantitative estimate of drug-likeness (QED) is 0.744. The van der Waals surface area contributed by atoms with Crippen LogP contribution in [0.1, 0.15) is 13.8 Å². The van der Waals surface area contributed by atoms with Gasteiger partial charge in [0, 0.05) is 30.7 Å². The second kappa shape index (κ2) is 9.02. The van der Waals surface area contributed by atoms with E-state index in [9.17, 15) is 13.2 Å². The normalized spacial score (nSPS) is 11.2. The Hall–Kier alpha value is -2.09. The number of nitrogens with one attached hydrogen (secondary N) is 1. The van der Waals surface area contributed by atoms with Crippen LogP contribution in [0.3, 0.4) is 0 Å². The molecule has 0 aliphatic heterocycles. The van der Waals surface area contributed by atoms with Crippen LogP contribution >= 0.6 is 11.6 Å². The molecule has 0 atom stereocenters. The molecule has 0 saturated heterocycles. The first-order chi connectivity index (χ1) is 12.3. The molecule has 2 rings (SSSR count). The molecule has 26 heavy (non-hydrogen) atoms. The summed E-state index contributed by atoms with van der Waals surface area (Å²) in [4.78, 5) is 13.5. The maximum absolute atomic E-state index is 12.4. The van der Waals surface area contributed by atoms with E-state index in [0.29, 0.717) is 23.1 Å². The number of amides is 1. The Morgan fingerprint density at radius 1 is 1.19 bits per heavy atom. The lowest BCUT2D eigenvalue weighted by Gasteiger charge is -2.21. The molecule has 0 radical (unpaired) electrons. The van der Waals surface area contributed by atoms with Gasteiger partial charge >= 0.3 is 0 Å². The number of anilines is 1. The Morgan fingerprint density at radius 2 is 1.88 bits per heavy atom. The van der Waals surface area contributed by atoms with E-state index in [1.165, 1.54) is 24.0 Å². The summed E-state index contributed by atoms with van der Waals surface area (Å²) in [5.41, 5.74) is 0.616. The van der Waals surface area contributed by atoms with Crippen LogP contribution in [0.2, 0.25) is 5.02 Å². The highest BCUT2D eigenvalue weighted by atomic mass is 35.5. The molecule has 0 spiro atoms.